The summed E-state index contributed by atoms with van der Waals surface area (Å²) < 4.78 is 0. The van der Waals surface area contributed by atoms with Gasteiger partial charge in [-0.2, -0.15) is 10.1 Å². The fourth-order valence-electron chi connectivity index (χ4n) is 1.75. The van der Waals surface area contributed by atoms with Gasteiger partial charge in [0.2, 0.25) is 5.95 Å². The van der Waals surface area contributed by atoms with Crippen LogP contribution in [-0.2, 0) is 6.54 Å². The van der Waals surface area contributed by atoms with Crippen molar-refractivity contribution in [1.29, 1.82) is 0 Å². The summed E-state index contributed by atoms with van der Waals surface area (Å²) in [6.45, 7) is 0.714. The Kier molecular flexibility index (Phi) is 3.18. The molecule has 0 aliphatic carbocycles. The summed E-state index contributed by atoms with van der Waals surface area (Å²) in [5.74, 6) is 1.33. The first kappa shape index (κ1) is 11.4. The highest BCUT2D eigenvalue weighted by atomic mass is 15.3. The van der Waals surface area contributed by atoms with E-state index in [9.17, 15) is 0 Å². The molecule has 2 aromatic heterocycles. The lowest BCUT2D eigenvalue weighted by atomic mass is 10.2. The lowest BCUT2D eigenvalue weighted by Crippen LogP contribution is -2.00. The SMILES string of the molecule is c1ccc(CNc2nc(-c3ccncc3)n[nH]2)cc1. The minimum atomic E-state index is 0.663. The number of hydrogen-bond acceptors (Lipinski definition) is 4. The molecule has 3 rings (SSSR count). The van der Waals surface area contributed by atoms with Gasteiger partial charge in [0.25, 0.3) is 0 Å². The summed E-state index contributed by atoms with van der Waals surface area (Å²) in [5.41, 5.74) is 2.14. The van der Waals surface area contributed by atoms with Gasteiger partial charge in [-0.15, -0.1) is 0 Å². The molecule has 0 bridgehead atoms. The molecule has 5 heteroatoms. The van der Waals surface area contributed by atoms with Crippen LogP contribution in [-0.4, -0.2) is 20.2 Å². The van der Waals surface area contributed by atoms with Crippen molar-refractivity contribution in [2.24, 2.45) is 0 Å². The predicted molar refractivity (Wildman–Crippen MR) is 73.4 cm³/mol. The first-order valence-electron chi connectivity index (χ1n) is 6.02. The van der Waals surface area contributed by atoms with E-state index in [1.807, 2.05) is 30.3 Å². The van der Waals surface area contributed by atoms with Crippen molar-refractivity contribution in [2.75, 3.05) is 5.32 Å². The molecule has 0 spiro atoms. The summed E-state index contributed by atoms with van der Waals surface area (Å²) in [6.07, 6.45) is 3.45. The standard InChI is InChI=1S/C14H13N5/c1-2-4-11(5-3-1)10-16-14-17-13(18-19-14)12-6-8-15-9-7-12/h1-9H,10H2,(H2,16,17,18,19). The largest absolute Gasteiger partial charge is 0.351 e. The number of hydrogen-bond donors (Lipinski definition) is 2. The van der Waals surface area contributed by atoms with E-state index in [0.717, 1.165) is 5.56 Å². The Morgan fingerprint density at radius 2 is 1.79 bits per heavy atom. The van der Waals surface area contributed by atoms with E-state index < -0.39 is 0 Å². The van der Waals surface area contributed by atoms with Gasteiger partial charge in [-0.1, -0.05) is 30.3 Å². The lowest BCUT2D eigenvalue weighted by Gasteiger charge is -2.01. The highest BCUT2D eigenvalue weighted by Gasteiger charge is 2.04. The molecule has 0 atom stereocenters. The number of anilines is 1. The number of aromatic amines is 1. The molecule has 19 heavy (non-hydrogen) atoms. The van der Waals surface area contributed by atoms with Crippen LogP contribution in [0.15, 0.2) is 54.9 Å². The molecular formula is C14H13N5. The van der Waals surface area contributed by atoms with E-state index in [0.29, 0.717) is 18.3 Å². The molecule has 94 valence electrons. The van der Waals surface area contributed by atoms with Crippen molar-refractivity contribution in [2.45, 2.75) is 6.54 Å². The van der Waals surface area contributed by atoms with Crippen molar-refractivity contribution < 1.29 is 0 Å². The minimum absolute atomic E-state index is 0.663. The van der Waals surface area contributed by atoms with E-state index >= 15 is 0 Å². The maximum Gasteiger partial charge on any atom is 0.219 e. The van der Waals surface area contributed by atoms with Gasteiger partial charge in [0.1, 0.15) is 0 Å². The van der Waals surface area contributed by atoms with Gasteiger partial charge < -0.3 is 5.32 Å². The van der Waals surface area contributed by atoms with Crippen LogP contribution in [0.1, 0.15) is 5.56 Å². The zero-order valence-corrected chi connectivity index (χ0v) is 10.2. The quantitative estimate of drug-likeness (QED) is 0.747. The smallest absolute Gasteiger partial charge is 0.219 e. The Bertz CT molecular complexity index is 633. The predicted octanol–water partition coefficient (Wildman–Crippen LogP) is 2.48. The second-order valence-corrected chi connectivity index (χ2v) is 4.08. The summed E-state index contributed by atoms with van der Waals surface area (Å²) in [6, 6.07) is 13.9. The van der Waals surface area contributed by atoms with Gasteiger partial charge in [-0.05, 0) is 17.7 Å². The fourth-order valence-corrected chi connectivity index (χ4v) is 1.75. The van der Waals surface area contributed by atoms with E-state index in [1.165, 1.54) is 5.56 Å². The Hall–Kier alpha value is -2.69. The van der Waals surface area contributed by atoms with Gasteiger partial charge in [0.15, 0.2) is 5.82 Å². The number of pyridine rings is 1. The highest BCUT2D eigenvalue weighted by Crippen LogP contribution is 2.14. The van der Waals surface area contributed by atoms with Crippen LogP contribution in [0.2, 0.25) is 0 Å². The molecule has 0 radical (unpaired) electrons. The molecule has 2 heterocycles. The molecule has 5 nitrogen and oxygen atoms in total. The van der Waals surface area contributed by atoms with E-state index in [1.54, 1.807) is 12.4 Å². The van der Waals surface area contributed by atoms with Crippen LogP contribution in [0.5, 0.6) is 0 Å². The van der Waals surface area contributed by atoms with Crippen molar-refractivity contribution in [1.82, 2.24) is 20.2 Å². The first-order chi connectivity index (χ1) is 9.42. The van der Waals surface area contributed by atoms with Gasteiger partial charge >= 0.3 is 0 Å². The zero-order valence-electron chi connectivity index (χ0n) is 10.2. The normalized spacial score (nSPS) is 10.3. The van der Waals surface area contributed by atoms with E-state index in [2.05, 4.69) is 37.6 Å². The number of nitrogens with zero attached hydrogens (tertiary/aromatic N) is 3. The number of nitrogens with one attached hydrogen (secondary N) is 2. The molecular weight excluding hydrogens is 238 g/mol. The van der Waals surface area contributed by atoms with Gasteiger partial charge in [-0.3, -0.25) is 4.98 Å². The van der Waals surface area contributed by atoms with Gasteiger partial charge in [0.05, 0.1) is 0 Å². The van der Waals surface area contributed by atoms with Crippen molar-refractivity contribution in [3.05, 3.63) is 60.4 Å². The minimum Gasteiger partial charge on any atom is -0.351 e. The maximum absolute atomic E-state index is 4.39. The molecule has 0 aliphatic rings. The summed E-state index contributed by atoms with van der Waals surface area (Å²) in [7, 11) is 0. The van der Waals surface area contributed by atoms with E-state index in [4.69, 9.17) is 0 Å². The third-order valence-electron chi connectivity index (χ3n) is 2.73. The maximum atomic E-state index is 4.39. The molecule has 0 aliphatic heterocycles. The second kappa shape index (κ2) is 5.30. The van der Waals surface area contributed by atoms with Crippen LogP contribution >= 0.6 is 0 Å². The molecule has 0 fully saturated rings. The van der Waals surface area contributed by atoms with Gasteiger partial charge in [0, 0.05) is 24.5 Å². The summed E-state index contributed by atoms with van der Waals surface area (Å²) >= 11 is 0. The Morgan fingerprint density at radius 1 is 1.00 bits per heavy atom. The van der Waals surface area contributed by atoms with Crippen LogP contribution in [0.4, 0.5) is 5.95 Å². The summed E-state index contributed by atoms with van der Waals surface area (Å²) in [5, 5.41) is 10.3. The number of aromatic nitrogens is 4. The molecule has 1 aromatic carbocycles. The third kappa shape index (κ3) is 2.77. The molecule has 3 aromatic rings. The van der Waals surface area contributed by atoms with Crippen LogP contribution in [0.3, 0.4) is 0 Å². The zero-order chi connectivity index (χ0) is 12.9. The second-order valence-electron chi connectivity index (χ2n) is 4.08. The fraction of sp³-hybridized carbons (Fsp3) is 0.0714. The number of rotatable bonds is 4. The molecule has 2 N–H and O–H groups in total. The van der Waals surface area contributed by atoms with E-state index in [-0.39, 0.29) is 0 Å². The lowest BCUT2D eigenvalue weighted by molar-refractivity contribution is 1.04. The number of H-pyrrole nitrogens is 1. The molecule has 0 saturated heterocycles. The average molecular weight is 251 g/mol. The number of benzene rings is 1. The highest BCUT2D eigenvalue weighted by molar-refractivity contribution is 5.54. The van der Waals surface area contributed by atoms with Crippen LogP contribution in [0.25, 0.3) is 11.4 Å². The Morgan fingerprint density at radius 3 is 2.58 bits per heavy atom. The molecule has 0 saturated carbocycles. The summed E-state index contributed by atoms with van der Waals surface area (Å²) in [4.78, 5) is 8.36. The Balaban J connectivity index is 1.69. The topological polar surface area (TPSA) is 66.5 Å². The molecule has 0 unspecified atom stereocenters. The van der Waals surface area contributed by atoms with Crippen LogP contribution < -0.4 is 5.32 Å². The first-order valence-corrected chi connectivity index (χ1v) is 6.02. The van der Waals surface area contributed by atoms with Crippen molar-refractivity contribution >= 4 is 5.95 Å². The average Bonchev–Trinajstić information content (AvgIpc) is 2.96. The van der Waals surface area contributed by atoms with Gasteiger partial charge in [-0.25, -0.2) is 5.10 Å². The van der Waals surface area contributed by atoms with Crippen molar-refractivity contribution in [3.63, 3.8) is 0 Å². The van der Waals surface area contributed by atoms with Crippen molar-refractivity contribution in [3.8, 4) is 11.4 Å². The van der Waals surface area contributed by atoms with Crippen LogP contribution in [0, 0.1) is 0 Å². The monoisotopic (exact) mass is 251 g/mol. The molecule has 0 amide bonds. The third-order valence-corrected chi connectivity index (χ3v) is 2.73. The Labute approximate surface area is 110 Å².